The quantitative estimate of drug-likeness (QED) is 0.798. The van der Waals surface area contributed by atoms with Crippen molar-refractivity contribution in [3.05, 3.63) is 65.7 Å². The van der Waals surface area contributed by atoms with Crippen molar-refractivity contribution in [2.45, 2.75) is 57.2 Å². The van der Waals surface area contributed by atoms with Crippen LogP contribution in [0.1, 0.15) is 50.8 Å². The molecule has 4 heteroatoms. The Bertz CT molecular complexity index is 744. The fourth-order valence-corrected chi connectivity index (χ4v) is 3.91. The van der Waals surface area contributed by atoms with E-state index in [1.807, 2.05) is 0 Å². The predicted octanol–water partition coefficient (Wildman–Crippen LogP) is 5.03. The third kappa shape index (κ3) is 2.88. The Morgan fingerprint density at radius 1 is 0.880 bits per heavy atom. The van der Waals surface area contributed by atoms with Gasteiger partial charge in [0.25, 0.3) is 0 Å². The Labute approximate surface area is 150 Å². The van der Waals surface area contributed by atoms with Crippen LogP contribution in [0.15, 0.2) is 54.6 Å². The highest BCUT2D eigenvalue weighted by Crippen LogP contribution is 2.49. The van der Waals surface area contributed by atoms with E-state index in [1.165, 1.54) is 16.8 Å². The van der Waals surface area contributed by atoms with Crippen LogP contribution in [0.2, 0.25) is 6.32 Å². The zero-order chi connectivity index (χ0) is 17.7. The normalized spacial score (nSPS) is 26.3. The van der Waals surface area contributed by atoms with Crippen molar-refractivity contribution < 1.29 is 9.31 Å². The van der Waals surface area contributed by atoms with Crippen LogP contribution in [0, 0.1) is 0 Å². The Morgan fingerprint density at radius 3 is 2.16 bits per heavy atom. The first-order chi connectivity index (χ1) is 11.9. The summed E-state index contributed by atoms with van der Waals surface area (Å²) in [6.07, 6.45) is 0.844. The molecule has 1 fully saturated rings. The maximum Gasteiger partial charge on any atom is 0.458 e. The number of para-hydroxylation sites is 1. The van der Waals surface area contributed by atoms with Crippen LogP contribution in [0.3, 0.4) is 0 Å². The first-order valence-corrected chi connectivity index (χ1v) is 9.13. The van der Waals surface area contributed by atoms with Gasteiger partial charge < -0.3 is 14.6 Å². The first-order valence-electron chi connectivity index (χ1n) is 9.13. The fourth-order valence-electron chi connectivity index (χ4n) is 3.91. The van der Waals surface area contributed by atoms with Gasteiger partial charge in [0.15, 0.2) is 0 Å². The first kappa shape index (κ1) is 16.7. The molecule has 130 valence electrons. The summed E-state index contributed by atoms with van der Waals surface area (Å²) in [6, 6.07) is 19.5. The minimum atomic E-state index is -0.286. The second-order valence-corrected chi connectivity index (χ2v) is 8.15. The maximum absolute atomic E-state index is 6.28. The van der Waals surface area contributed by atoms with E-state index in [4.69, 9.17) is 9.31 Å². The summed E-state index contributed by atoms with van der Waals surface area (Å²) in [5.41, 5.74) is 3.31. The van der Waals surface area contributed by atoms with E-state index < -0.39 is 0 Å². The van der Waals surface area contributed by atoms with Crippen LogP contribution in [0.4, 0.5) is 5.69 Å². The smallest absolute Gasteiger partial charge is 0.403 e. The topological polar surface area (TPSA) is 30.5 Å². The standard InChI is InChI=1S/C21H26BNO2/c1-20(2)21(3,4)25-22(24-20)14-17-16-12-8-9-13-18(16)23-19(17)15-10-6-5-7-11-15/h5-13,17,19,23H,14H2,1-4H3/t17-,19-/m0/s1. The largest absolute Gasteiger partial charge is 0.458 e. The molecule has 2 aliphatic heterocycles. The van der Waals surface area contributed by atoms with E-state index in [1.54, 1.807) is 0 Å². The van der Waals surface area contributed by atoms with Crippen molar-refractivity contribution in [2.75, 3.05) is 5.32 Å². The molecule has 0 aromatic heterocycles. The van der Waals surface area contributed by atoms with Gasteiger partial charge in [-0.05, 0) is 51.2 Å². The van der Waals surface area contributed by atoms with E-state index in [-0.39, 0.29) is 24.4 Å². The van der Waals surface area contributed by atoms with Gasteiger partial charge in [0.2, 0.25) is 0 Å². The number of hydrogen-bond donors (Lipinski definition) is 1. The summed E-state index contributed by atoms with van der Waals surface area (Å²) in [5, 5.41) is 3.71. The molecule has 0 amide bonds. The van der Waals surface area contributed by atoms with Crippen molar-refractivity contribution in [1.29, 1.82) is 0 Å². The SMILES string of the molecule is CC1(C)OB(C[C@H]2c3ccccc3N[C@H]2c2ccccc2)OC1(C)C. The van der Waals surface area contributed by atoms with E-state index >= 15 is 0 Å². The molecule has 0 bridgehead atoms. The Balaban J connectivity index is 1.63. The van der Waals surface area contributed by atoms with Gasteiger partial charge >= 0.3 is 7.12 Å². The molecule has 25 heavy (non-hydrogen) atoms. The molecule has 1 N–H and O–H groups in total. The molecule has 0 saturated carbocycles. The fraction of sp³-hybridized carbons (Fsp3) is 0.429. The van der Waals surface area contributed by atoms with Gasteiger partial charge in [-0.2, -0.15) is 0 Å². The molecule has 2 heterocycles. The van der Waals surface area contributed by atoms with Crippen LogP contribution < -0.4 is 5.32 Å². The lowest BCUT2D eigenvalue weighted by molar-refractivity contribution is 0.00578. The summed E-state index contributed by atoms with van der Waals surface area (Å²) < 4.78 is 12.6. The average Bonchev–Trinajstić information content (AvgIpc) is 3.03. The maximum atomic E-state index is 6.28. The predicted molar refractivity (Wildman–Crippen MR) is 103 cm³/mol. The van der Waals surface area contributed by atoms with Gasteiger partial charge in [0.1, 0.15) is 0 Å². The van der Waals surface area contributed by atoms with Crippen LogP contribution in [0.5, 0.6) is 0 Å². The molecule has 2 atom stereocenters. The lowest BCUT2D eigenvalue weighted by Crippen LogP contribution is -2.41. The summed E-state index contributed by atoms with van der Waals surface area (Å²) in [4.78, 5) is 0. The van der Waals surface area contributed by atoms with E-state index in [0.29, 0.717) is 5.92 Å². The summed E-state index contributed by atoms with van der Waals surface area (Å²) in [5.74, 6) is 0.327. The monoisotopic (exact) mass is 335 g/mol. The minimum Gasteiger partial charge on any atom is -0.403 e. The molecule has 2 aromatic rings. The van der Waals surface area contributed by atoms with Gasteiger partial charge in [0, 0.05) is 11.6 Å². The molecule has 0 radical (unpaired) electrons. The zero-order valence-corrected chi connectivity index (χ0v) is 15.5. The second kappa shape index (κ2) is 5.89. The minimum absolute atomic E-state index is 0.186. The van der Waals surface area contributed by atoms with Gasteiger partial charge in [0.05, 0.1) is 17.2 Å². The second-order valence-electron chi connectivity index (χ2n) is 8.15. The van der Waals surface area contributed by atoms with Gasteiger partial charge in [-0.15, -0.1) is 0 Å². The van der Waals surface area contributed by atoms with Gasteiger partial charge in [-0.3, -0.25) is 0 Å². The van der Waals surface area contributed by atoms with Crippen molar-refractivity contribution >= 4 is 12.8 Å². The van der Waals surface area contributed by atoms with Gasteiger partial charge in [-0.1, -0.05) is 48.5 Å². The molecule has 0 aliphatic carbocycles. The number of anilines is 1. The van der Waals surface area contributed by atoms with E-state index in [9.17, 15) is 0 Å². The number of fused-ring (bicyclic) bond motifs is 1. The molecule has 2 aromatic carbocycles. The number of hydrogen-bond acceptors (Lipinski definition) is 3. The third-order valence-electron chi connectivity index (χ3n) is 5.98. The highest BCUT2D eigenvalue weighted by atomic mass is 16.7. The van der Waals surface area contributed by atoms with Crippen LogP contribution >= 0.6 is 0 Å². The van der Waals surface area contributed by atoms with Crippen molar-refractivity contribution in [1.82, 2.24) is 0 Å². The highest BCUT2D eigenvalue weighted by molar-refractivity contribution is 6.45. The molecule has 0 unspecified atom stereocenters. The zero-order valence-electron chi connectivity index (χ0n) is 15.5. The Kier molecular flexibility index (Phi) is 3.93. The lowest BCUT2D eigenvalue weighted by atomic mass is 9.72. The van der Waals surface area contributed by atoms with Crippen LogP contribution in [-0.4, -0.2) is 18.3 Å². The van der Waals surface area contributed by atoms with Gasteiger partial charge in [-0.25, -0.2) is 0 Å². The summed E-state index contributed by atoms with van der Waals surface area (Å²) in [7, 11) is -0.186. The number of benzene rings is 2. The van der Waals surface area contributed by atoms with Crippen molar-refractivity contribution in [3.63, 3.8) is 0 Å². The Morgan fingerprint density at radius 2 is 1.48 bits per heavy atom. The van der Waals surface area contributed by atoms with Crippen molar-refractivity contribution in [2.24, 2.45) is 0 Å². The van der Waals surface area contributed by atoms with Crippen LogP contribution in [-0.2, 0) is 9.31 Å². The molecule has 0 spiro atoms. The average molecular weight is 335 g/mol. The molecular weight excluding hydrogens is 309 g/mol. The summed E-state index contributed by atoms with van der Waals surface area (Å²) in [6.45, 7) is 8.45. The van der Waals surface area contributed by atoms with Crippen LogP contribution in [0.25, 0.3) is 0 Å². The highest BCUT2D eigenvalue weighted by Gasteiger charge is 2.52. The Hall–Kier alpha value is -1.78. The lowest BCUT2D eigenvalue weighted by Gasteiger charge is -2.32. The van der Waals surface area contributed by atoms with Crippen molar-refractivity contribution in [3.8, 4) is 0 Å². The van der Waals surface area contributed by atoms with E-state index in [2.05, 4.69) is 87.6 Å². The molecule has 3 nitrogen and oxygen atoms in total. The number of rotatable bonds is 3. The third-order valence-corrected chi connectivity index (χ3v) is 5.98. The van der Waals surface area contributed by atoms with E-state index in [0.717, 1.165) is 6.32 Å². The molecule has 4 rings (SSSR count). The molecule has 1 saturated heterocycles. The molecular formula is C21H26BNO2. The summed E-state index contributed by atoms with van der Waals surface area (Å²) >= 11 is 0. The number of nitrogens with one attached hydrogen (secondary N) is 1. The molecule has 2 aliphatic rings.